The number of phenolic OH excluding ortho intramolecular Hbond substituents is 1. The molecule has 1 spiro atoms. The van der Waals surface area contributed by atoms with Gasteiger partial charge >= 0.3 is 0 Å². The molecule has 1 heterocycles. The molecule has 2 aliphatic carbocycles. The second-order valence-electron chi connectivity index (χ2n) is 11.8. The summed E-state index contributed by atoms with van der Waals surface area (Å²) in [6, 6.07) is 13.1. The van der Waals surface area contributed by atoms with Gasteiger partial charge in [0, 0.05) is 17.3 Å². The number of methoxy groups -OCH3 is 1. The van der Waals surface area contributed by atoms with Gasteiger partial charge in [-0.05, 0) is 81.8 Å². The second-order valence-corrected chi connectivity index (χ2v) is 11.8. The number of nitrogens with one attached hydrogen (secondary N) is 1. The molecule has 3 heteroatoms. The van der Waals surface area contributed by atoms with Gasteiger partial charge in [-0.3, -0.25) is 0 Å². The Morgan fingerprint density at radius 2 is 1.66 bits per heavy atom. The van der Waals surface area contributed by atoms with Gasteiger partial charge in [0.15, 0.2) is 0 Å². The Morgan fingerprint density at radius 1 is 0.938 bits per heavy atom. The van der Waals surface area contributed by atoms with Gasteiger partial charge < -0.3 is 15.2 Å². The summed E-state index contributed by atoms with van der Waals surface area (Å²) in [5.41, 5.74) is 8.21. The zero-order chi connectivity index (χ0) is 22.5. The third-order valence-corrected chi connectivity index (χ3v) is 8.11. The first-order valence-corrected chi connectivity index (χ1v) is 11.9. The molecule has 6 rings (SSSR count). The number of phenols is 1. The summed E-state index contributed by atoms with van der Waals surface area (Å²) in [6.45, 7) is 10.6. The lowest BCUT2D eigenvalue weighted by Crippen LogP contribution is -2.43. The molecule has 3 aliphatic rings. The molecule has 166 valence electrons. The Morgan fingerprint density at radius 3 is 2.38 bits per heavy atom. The highest BCUT2D eigenvalue weighted by atomic mass is 16.5. The lowest BCUT2D eigenvalue weighted by Gasteiger charge is -2.51. The van der Waals surface area contributed by atoms with Gasteiger partial charge in [-0.25, -0.2) is 0 Å². The molecule has 3 nitrogen and oxygen atoms in total. The quantitative estimate of drug-likeness (QED) is 0.438. The third kappa shape index (κ3) is 2.54. The van der Waals surface area contributed by atoms with Crippen LogP contribution in [0.2, 0.25) is 0 Å². The van der Waals surface area contributed by atoms with Crippen molar-refractivity contribution in [2.45, 2.75) is 58.8 Å². The number of fused-ring (bicyclic) bond motifs is 9. The predicted molar refractivity (Wildman–Crippen MR) is 132 cm³/mol. The van der Waals surface area contributed by atoms with E-state index in [4.69, 9.17) is 4.74 Å². The summed E-state index contributed by atoms with van der Waals surface area (Å²) >= 11 is 0. The molecule has 1 aliphatic heterocycles. The summed E-state index contributed by atoms with van der Waals surface area (Å²) in [6.07, 6.45) is 4.38. The summed E-state index contributed by atoms with van der Waals surface area (Å²) in [5.74, 6) is 1.20. The molecule has 0 amide bonds. The summed E-state index contributed by atoms with van der Waals surface area (Å²) in [4.78, 5) is 0. The van der Waals surface area contributed by atoms with Crippen LogP contribution in [0.1, 0.15) is 63.6 Å². The first kappa shape index (κ1) is 20.0. The van der Waals surface area contributed by atoms with Gasteiger partial charge in [-0.15, -0.1) is 0 Å². The average molecular weight is 428 g/mol. The number of hydrogen-bond acceptors (Lipinski definition) is 3. The van der Waals surface area contributed by atoms with Crippen LogP contribution >= 0.6 is 0 Å². The zero-order valence-corrected chi connectivity index (χ0v) is 19.9. The maximum atomic E-state index is 11.4. The van der Waals surface area contributed by atoms with Crippen LogP contribution in [0.4, 0.5) is 5.69 Å². The predicted octanol–water partition coefficient (Wildman–Crippen LogP) is 7.02. The van der Waals surface area contributed by atoms with E-state index >= 15 is 0 Å². The van der Waals surface area contributed by atoms with Gasteiger partial charge in [0.05, 0.1) is 12.8 Å². The molecule has 1 saturated carbocycles. The highest BCUT2D eigenvalue weighted by Crippen LogP contribution is 2.65. The fourth-order valence-electron chi connectivity index (χ4n) is 7.96. The minimum atomic E-state index is -0.0678. The smallest absolute Gasteiger partial charge is 0.143 e. The summed E-state index contributed by atoms with van der Waals surface area (Å²) < 4.78 is 5.70. The molecular weight excluding hydrogens is 394 g/mol. The van der Waals surface area contributed by atoms with Crippen molar-refractivity contribution in [2.75, 3.05) is 19.0 Å². The fraction of sp³-hybridized carbons (Fsp3) is 0.448. The minimum absolute atomic E-state index is 0.0678. The minimum Gasteiger partial charge on any atom is -0.507 e. The van der Waals surface area contributed by atoms with Crippen LogP contribution in [0.15, 0.2) is 36.4 Å². The number of hydrogen-bond donors (Lipinski definition) is 2. The van der Waals surface area contributed by atoms with Crippen LogP contribution in [-0.2, 0) is 11.8 Å². The Labute approximate surface area is 190 Å². The SMILES string of the molecule is COc1cc2c(O)cc3c(c2c2c1NCC2)-c1ccccc1C31CC(C)(C)CC(C)(C)C1. The molecule has 2 N–H and O–H groups in total. The van der Waals surface area contributed by atoms with E-state index in [0.717, 1.165) is 42.6 Å². The molecule has 0 bridgehead atoms. The molecule has 0 atom stereocenters. The number of anilines is 1. The van der Waals surface area contributed by atoms with Crippen LogP contribution in [0.25, 0.3) is 21.9 Å². The van der Waals surface area contributed by atoms with Crippen molar-refractivity contribution in [3.05, 3.63) is 53.1 Å². The van der Waals surface area contributed by atoms with Crippen molar-refractivity contribution in [1.82, 2.24) is 0 Å². The summed E-state index contributed by atoms with van der Waals surface area (Å²) in [5, 5.41) is 17.0. The van der Waals surface area contributed by atoms with Crippen molar-refractivity contribution >= 4 is 16.5 Å². The van der Waals surface area contributed by atoms with E-state index in [-0.39, 0.29) is 16.2 Å². The lowest BCUT2D eigenvalue weighted by atomic mass is 9.52. The molecule has 0 radical (unpaired) electrons. The molecule has 32 heavy (non-hydrogen) atoms. The van der Waals surface area contributed by atoms with Gasteiger partial charge in [-0.1, -0.05) is 52.0 Å². The number of rotatable bonds is 1. The molecular formula is C29H33NO2. The van der Waals surface area contributed by atoms with Gasteiger partial charge in [-0.2, -0.15) is 0 Å². The molecule has 3 aromatic rings. The zero-order valence-electron chi connectivity index (χ0n) is 19.9. The Balaban J connectivity index is 1.76. The molecule has 0 unspecified atom stereocenters. The van der Waals surface area contributed by atoms with Crippen LogP contribution in [0, 0.1) is 10.8 Å². The van der Waals surface area contributed by atoms with Crippen LogP contribution in [0.5, 0.6) is 11.5 Å². The average Bonchev–Trinajstić information content (AvgIpc) is 3.28. The maximum absolute atomic E-state index is 11.4. The number of benzene rings is 3. The maximum Gasteiger partial charge on any atom is 0.143 e. The molecule has 0 saturated heterocycles. The van der Waals surface area contributed by atoms with Gasteiger partial charge in [0.1, 0.15) is 11.5 Å². The van der Waals surface area contributed by atoms with Crippen molar-refractivity contribution in [1.29, 1.82) is 0 Å². The van der Waals surface area contributed by atoms with Crippen molar-refractivity contribution in [2.24, 2.45) is 10.8 Å². The van der Waals surface area contributed by atoms with E-state index in [1.165, 1.54) is 39.6 Å². The van der Waals surface area contributed by atoms with E-state index < -0.39 is 0 Å². The van der Waals surface area contributed by atoms with Crippen molar-refractivity contribution < 1.29 is 9.84 Å². The third-order valence-electron chi connectivity index (χ3n) is 8.11. The molecule has 3 aromatic carbocycles. The fourth-order valence-corrected chi connectivity index (χ4v) is 7.96. The normalized spacial score (nSPS) is 21.2. The van der Waals surface area contributed by atoms with E-state index in [2.05, 4.69) is 63.3 Å². The van der Waals surface area contributed by atoms with E-state index in [0.29, 0.717) is 5.75 Å². The molecule has 1 fully saturated rings. The topological polar surface area (TPSA) is 41.5 Å². The van der Waals surface area contributed by atoms with Crippen molar-refractivity contribution in [3.8, 4) is 22.6 Å². The highest BCUT2D eigenvalue weighted by Gasteiger charge is 2.53. The van der Waals surface area contributed by atoms with Crippen molar-refractivity contribution in [3.63, 3.8) is 0 Å². The van der Waals surface area contributed by atoms with Gasteiger partial charge in [0.2, 0.25) is 0 Å². The van der Waals surface area contributed by atoms with E-state index in [9.17, 15) is 5.11 Å². The number of aromatic hydroxyl groups is 1. The largest absolute Gasteiger partial charge is 0.507 e. The second kappa shape index (κ2) is 6.21. The number of ether oxygens (including phenoxy) is 1. The Kier molecular flexibility index (Phi) is 3.88. The monoisotopic (exact) mass is 427 g/mol. The Hall–Kier alpha value is -2.68. The van der Waals surface area contributed by atoms with Crippen LogP contribution < -0.4 is 10.1 Å². The molecule has 0 aromatic heterocycles. The van der Waals surface area contributed by atoms with E-state index in [1.54, 1.807) is 7.11 Å². The highest BCUT2D eigenvalue weighted by molar-refractivity contribution is 6.10. The Bertz CT molecular complexity index is 1270. The first-order chi connectivity index (χ1) is 15.2. The first-order valence-electron chi connectivity index (χ1n) is 11.9. The van der Waals surface area contributed by atoms with Crippen LogP contribution in [0.3, 0.4) is 0 Å². The van der Waals surface area contributed by atoms with Crippen LogP contribution in [-0.4, -0.2) is 18.8 Å². The standard InChI is InChI=1S/C29H33NO2/c1-27(2)14-28(3,4)16-29(15-27)20-9-7-6-8-17(20)25-21(29)13-22(31)19-12-23(32-5)26-18(24(19)25)10-11-30-26/h6-9,12-13,30-31H,10-11,14-16H2,1-5H3. The summed E-state index contributed by atoms with van der Waals surface area (Å²) in [7, 11) is 1.71. The van der Waals surface area contributed by atoms with Gasteiger partial charge in [0.25, 0.3) is 0 Å². The lowest BCUT2D eigenvalue weighted by molar-refractivity contribution is 0.0645. The van der Waals surface area contributed by atoms with E-state index in [1.807, 2.05) is 6.07 Å².